The third kappa shape index (κ3) is 5.91. The van der Waals surface area contributed by atoms with E-state index in [1.807, 2.05) is 0 Å². The fraction of sp³-hybridized carbons (Fsp3) is 0.625. The Morgan fingerprint density at radius 2 is 1.74 bits per heavy atom. The van der Waals surface area contributed by atoms with Crippen molar-refractivity contribution in [1.29, 1.82) is 5.26 Å². The van der Waals surface area contributed by atoms with E-state index in [9.17, 15) is 4.39 Å². The van der Waals surface area contributed by atoms with Crippen LogP contribution in [-0.4, -0.2) is 12.7 Å². The van der Waals surface area contributed by atoms with Crippen LogP contribution in [0.15, 0.2) is 36.2 Å². The van der Waals surface area contributed by atoms with Crippen molar-refractivity contribution < 1.29 is 9.13 Å². The predicted octanol–water partition coefficient (Wildman–Crippen LogP) is 6.48. The van der Waals surface area contributed by atoms with Crippen LogP contribution in [0.25, 0.3) is 0 Å². The van der Waals surface area contributed by atoms with Crippen molar-refractivity contribution in [2.45, 2.75) is 76.7 Å². The smallest absolute Gasteiger partial charge is 0.196 e. The Morgan fingerprint density at radius 3 is 2.33 bits per heavy atom. The molecule has 2 aliphatic rings. The van der Waals surface area contributed by atoms with Gasteiger partial charge in [0.2, 0.25) is 0 Å². The SMILES string of the molecule is CCc1ccc([C@H]2CC[C@H](OC[C@H]3CC[C@H](C=C(F)C#N)CC3)CC2)cc1. The summed E-state index contributed by atoms with van der Waals surface area (Å²) in [6.07, 6.45) is 11.9. The monoisotopic (exact) mass is 369 g/mol. The number of allylic oxidation sites excluding steroid dienone is 2. The van der Waals surface area contributed by atoms with Crippen molar-refractivity contribution in [2.24, 2.45) is 11.8 Å². The number of hydrogen-bond acceptors (Lipinski definition) is 2. The van der Waals surface area contributed by atoms with Crippen molar-refractivity contribution in [2.75, 3.05) is 6.61 Å². The number of ether oxygens (including phenoxy) is 1. The van der Waals surface area contributed by atoms with Crippen LogP contribution in [0.4, 0.5) is 4.39 Å². The number of aryl methyl sites for hydroxylation is 1. The van der Waals surface area contributed by atoms with E-state index in [1.165, 1.54) is 30.0 Å². The minimum atomic E-state index is -0.629. The Kier molecular flexibility index (Phi) is 7.47. The van der Waals surface area contributed by atoms with Gasteiger partial charge < -0.3 is 4.74 Å². The maximum absolute atomic E-state index is 13.1. The zero-order chi connectivity index (χ0) is 19.1. The van der Waals surface area contributed by atoms with E-state index < -0.39 is 5.83 Å². The summed E-state index contributed by atoms with van der Waals surface area (Å²) < 4.78 is 19.3. The third-order valence-corrected chi connectivity index (χ3v) is 6.48. The molecule has 0 saturated heterocycles. The summed E-state index contributed by atoms with van der Waals surface area (Å²) in [4.78, 5) is 0. The van der Waals surface area contributed by atoms with Gasteiger partial charge in [0.05, 0.1) is 6.10 Å². The molecule has 2 aliphatic carbocycles. The molecule has 0 bridgehead atoms. The van der Waals surface area contributed by atoms with Crippen LogP contribution in [0.2, 0.25) is 0 Å². The largest absolute Gasteiger partial charge is 0.378 e. The predicted molar refractivity (Wildman–Crippen MR) is 107 cm³/mol. The van der Waals surface area contributed by atoms with E-state index in [0.29, 0.717) is 17.9 Å². The average molecular weight is 370 g/mol. The zero-order valence-electron chi connectivity index (χ0n) is 16.5. The van der Waals surface area contributed by atoms with E-state index in [-0.39, 0.29) is 5.92 Å². The minimum absolute atomic E-state index is 0.232. The van der Waals surface area contributed by atoms with Crippen molar-refractivity contribution in [3.05, 3.63) is 47.3 Å². The van der Waals surface area contributed by atoms with Gasteiger partial charge in [0.25, 0.3) is 0 Å². The molecular weight excluding hydrogens is 337 g/mol. The molecule has 0 N–H and O–H groups in total. The van der Waals surface area contributed by atoms with Gasteiger partial charge in [0.15, 0.2) is 5.83 Å². The van der Waals surface area contributed by atoms with Crippen LogP contribution >= 0.6 is 0 Å². The first-order valence-corrected chi connectivity index (χ1v) is 10.7. The van der Waals surface area contributed by atoms with E-state index in [0.717, 1.165) is 51.6 Å². The summed E-state index contributed by atoms with van der Waals surface area (Å²) in [5.74, 6) is 0.887. The Hall–Kier alpha value is -1.66. The molecule has 27 heavy (non-hydrogen) atoms. The second kappa shape index (κ2) is 10.0. The maximum Gasteiger partial charge on any atom is 0.196 e. The molecule has 2 fully saturated rings. The minimum Gasteiger partial charge on any atom is -0.378 e. The summed E-state index contributed by atoms with van der Waals surface area (Å²) >= 11 is 0. The molecule has 0 radical (unpaired) electrons. The lowest BCUT2D eigenvalue weighted by Crippen LogP contribution is -2.25. The second-order valence-electron chi connectivity index (χ2n) is 8.31. The number of nitrogens with zero attached hydrogens (tertiary/aromatic N) is 1. The lowest BCUT2D eigenvalue weighted by Gasteiger charge is -2.32. The van der Waals surface area contributed by atoms with Crippen molar-refractivity contribution in [3.63, 3.8) is 0 Å². The van der Waals surface area contributed by atoms with Crippen molar-refractivity contribution in [1.82, 2.24) is 0 Å². The van der Waals surface area contributed by atoms with Crippen LogP contribution in [0.3, 0.4) is 0 Å². The highest BCUT2D eigenvalue weighted by Gasteiger charge is 2.25. The van der Waals surface area contributed by atoms with Crippen LogP contribution in [-0.2, 0) is 11.2 Å². The van der Waals surface area contributed by atoms with E-state index in [2.05, 4.69) is 31.2 Å². The normalized spacial score (nSPS) is 29.3. The quantitative estimate of drug-likeness (QED) is 0.538. The molecule has 146 valence electrons. The van der Waals surface area contributed by atoms with Crippen molar-refractivity contribution >= 4 is 0 Å². The number of nitriles is 1. The first-order chi connectivity index (χ1) is 13.2. The lowest BCUT2D eigenvalue weighted by atomic mass is 9.81. The van der Waals surface area contributed by atoms with E-state index in [1.54, 1.807) is 6.07 Å². The molecular formula is C24H32FNO. The van der Waals surface area contributed by atoms with Gasteiger partial charge in [-0.3, -0.25) is 0 Å². The molecule has 0 spiro atoms. The molecule has 3 heteroatoms. The molecule has 1 aromatic rings. The number of halogens is 1. The van der Waals surface area contributed by atoms with Gasteiger partial charge >= 0.3 is 0 Å². The summed E-state index contributed by atoms with van der Waals surface area (Å²) in [5.41, 5.74) is 2.90. The Labute approximate surface area is 163 Å². The van der Waals surface area contributed by atoms with Gasteiger partial charge in [-0.05, 0) is 92.7 Å². The van der Waals surface area contributed by atoms with Gasteiger partial charge in [-0.2, -0.15) is 9.65 Å². The molecule has 0 atom stereocenters. The highest BCUT2D eigenvalue weighted by Crippen LogP contribution is 2.35. The van der Waals surface area contributed by atoms with Crippen LogP contribution in [0.1, 0.15) is 75.3 Å². The summed E-state index contributed by atoms with van der Waals surface area (Å²) in [6, 6.07) is 10.7. The molecule has 2 saturated carbocycles. The van der Waals surface area contributed by atoms with E-state index >= 15 is 0 Å². The van der Waals surface area contributed by atoms with Gasteiger partial charge in [-0.1, -0.05) is 31.2 Å². The number of benzene rings is 1. The molecule has 3 rings (SSSR count). The Balaban J connectivity index is 1.36. The van der Waals surface area contributed by atoms with Gasteiger partial charge in [-0.25, -0.2) is 0 Å². The molecule has 0 amide bonds. The molecule has 0 heterocycles. The summed E-state index contributed by atoms with van der Waals surface area (Å²) in [5, 5.41) is 8.55. The molecule has 1 aromatic carbocycles. The fourth-order valence-electron chi connectivity index (χ4n) is 4.63. The highest BCUT2D eigenvalue weighted by molar-refractivity contribution is 5.25. The standard InChI is InChI=1S/C24H32FNO/c1-2-18-7-9-21(10-8-18)22-11-13-24(14-12-22)27-17-20-5-3-19(4-6-20)15-23(25)16-26/h7-10,15,19-20,22,24H,2-6,11-14,17H2,1H3/t19-,20-,22-,24-. The van der Waals surface area contributed by atoms with E-state index in [4.69, 9.17) is 10.00 Å². The molecule has 0 unspecified atom stereocenters. The van der Waals surface area contributed by atoms with Crippen LogP contribution in [0, 0.1) is 23.2 Å². The fourth-order valence-corrected chi connectivity index (χ4v) is 4.63. The highest BCUT2D eigenvalue weighted by atomic mass is 19.1. The van der Waals surface area contributed by atoms with Crippen molar-refractivity contribution in [3.8, 4) is 6.07 Å². The first-order valence-electron chi connectivity index (χ1n) is 10.7. The molecule has 0 aliphatic heterocycles. The number of hydrogen-bond donors (Lipinski definition) is 0. The zero-order valence-corrected chi connectivity index (χ0v) is 16.5. The second-order valence-corrected chi connectivity index (χ2v) is 8.31. The Bertz CT molecular complexity index is 644. The Morgan fingerprint density at radius 1 is 1.07 bits per heavy atom. The lowest BCUT2D eigenvalue weighted by molar-refractivity contribution is -0.00340. The van der Waals surface area contributed by atoms with Crippen LogP contribution < -0.4 is 0 Å². The molecule has 2 nitrogen and oxygen atoms in total. The summed E-state index contributed by atoms with van der Waals surface area (Å²) in [7, 11) is 0. The van der Waals surface area contributed by atoms with Gasteiger partial charge in [0.1, 0.15) is 6.07 Å². The molecule has 0 aromatic heterocycles. The third-order valence-electron chi connectivity index (χ3n) is 6.48. The maximum atomic E-state index is 13.1. The summed E-state index contributed by atoms with van der Waals surface area (Å²) in [6.45, 7) is 3.04. The van der Waals surface area contributed by atoms with Crippen LogP contribution in [0.5, 0.6) is 0 Å². The first kappa shape index (κ1) is 20.1. The topological polar surface area (TPSA) is 33.0 Å². The average Bonchev–Trinajstić information content (AvgIpc) is 2.73. The van der Waals surface area contributed by atoms with Gasteiger partial charge in [-0.15, -0.1) is 0 Å². The number of rotatable bonds is 6. The van der Waals surface area contributed by atoms with Gasteiger partial charge in [0, 0.05) is 6.61 Å².